The number of halogens is 1. The number of nitrogens with one attached hydrogen (secondary N) is 1. The predicted molar refractivity (Wildman–Crippen MR) is 97.3 cm³/mol. The number of fused-ring (bicyclic) bond motifs is 1. The molecule has 7 heteroatoms. The molecule has 134 valence electrons. The molecule has 0 bridgehead atoms. The number of rotatable bonds is 6. The largest absolute Gasteiger partial charge is 0.492 e. The van der Waals surface area contributed by atoms with Crippen LogP contribution in [0.5, 0.6) is 5.75 Å². The Labute approximate surface area is 147 Å². The lowest BCUT2D eigenvalue weighted by Crippen LogP contribution is -2.33. The van der Waals surface area contributed by atoms with Gasteiger partial charge in [0.25, 0.3) is 0 Å². The normalized spacial score (nSPS) is 14.1. The van der Waals surface area contributed by atoms with Crippen molar-refractivity contribution in [1.29, 1.82) is 0 Å². The number of sulfonamides is 1. The van der Waals surface area contributed by atoms with Crippen LogP contribution in [0.15, 0.2) is 42.5 Å². The van der Waals surface area contributed by atoms with Gasteiger partial charge in [-0.25, -0.2) is 12.8 Å². The average Bonchev–Trinajstić information content (AvgIpc) is 2.56. The third kappa shape index (κ3) is 4.63. The highest BCUT2D eigenvalue weighted by Crippen LogP contribution is 2.33. The Morgan fingerprint density at radius 1 is 1.20 bits per heavy atom. The maximum Gasteiger partial charge on any atom is 0.229 e. The molecule has 0 radical (unpaired) electrons. The molecule has 0 aliphatic carbocycles. The molecule has 0 unspecified atom stereocenters. The van der Waals surface area contributed by atoms with Crippen LogP contribution in [-0.2, 0) is 16.4 Å². The van der Waals surface area contributed by atoms with E-state index in [1.807, 2.05) is 12.1 Å². The van der Waals surface area contributed by atoms with Gasteiger partial charge in [-0.3, -0.25) is 4.72 Å². The molecule has 1 aliphatic heterocycles. The zero-order chi connectivity index (χ0) is 17.9. The number of hydrogen-bond donors (Lipinski definition) is 1. The van der Waals surface area contributed by atoms with Crippen molar-refractivity contribution in [2.24, 2.45) is 0 Å². The fourth-order valence-corrected chi connectivity index (χ4v) is 3.62. The third-order valence-corrected chi connectivity index (χ3v) is 4.68. The van der Waals surface area contributed by atoms with E-state index in [1.165, 1.54) is 12.1 Å². The van der Waals surface area contributed by atoms with Gasteiger partial charge in [0.15, 0.2) is 0 Å². The van der Waals surface area contributed by atoms with Crippen molar-refractivity contribution in [1.82, 2.24) is 0 Å². The summed E-state index contributed by atoms with van der Waals surface area (Å²) in [5.41, 5.74) is 2.69. The Kier molecular flexibility index (Phi) is 5.13. The minimum Gasteiger partial charge on any atom is -0.492 e. The highest BCUT2D eigenvalue weighted by molar-refractivity contribution is 7.92. The summed E-state index contributed by atoms with van der Waals surface area (Å²) in [5, 5.41) is 0. The van der Waals surface area contributed by atoms with Crippen LogP contribution in [-0.4, -0.2) is 34.4 Å². The van der Waals surface area contributed by atoms with Gasteiger partial charge >= 0.3 is 0 Å². The summed E-state index contributed by atoms with van der Waals surface area (Å²) in [7, 11) is -3.31. The van der Waals surface area contributed by atoms with Crippen molar-refractivity contribution in [3.63, 3.8) is 0 Å². The molecule has 2 aromatic rings. The third-order valence-electron chi connectivity index (χ3n) is 4.09. The lowest BCUT2D eigenvalue weighted by molar-refractivity contribution is 0.322. The maximum atomic E-state index is 12.9. The molecule has 0 saturated heterocycles. The molecule has 3 rings (SSSR count). The van der Waals surface area contributed by atoms with Crippen LogP contribution in [0.25, 0.3) is 0 Å². The summed E-state index contributed by atoms with van der Waals surface area (Å²) in [6.45, 7) is 2.03. The van der Waals surface area contributed by atoms with Crippen LogP contribution in [0.3, 0.4) is 0 Å². The molecule has 2 aromatic carbocycles. The quantitative estimate of drug-likeness (QED) is 0.856. The van der Waals surface area contributed by atoms with Crippen LogP contribution >= 0.6 is 0 Å². The van der Waals surface area contributed by atoms with Gasteiger partial charge < -0.3 is 9.64 Å². The molecule has 1 heterocycles. The van der Waals surface area contributed by atoms with E-state index in [2.05, 4.69) is 9.62 Å². The number of nitrogens with zero attached hydrogens (tertiary/aromatic N) is 1. The van der Waals surface area contributed by atoms with Gasteiger partial charge in [0.05, 0.1) is 18.5 Å². The van der Waals surface area contributed by atoms with E-state index in [-0.39, 0.29) is 5.82 Å². The highest BCUT2D eigenvalue weighted by Gasteiger charge is 2.20. The van der Waals surface area contributed by atoms with Crippen molar-refractivity contribution in [2.45, 2.75) is 12.8 Å². The van der Waals surface area contributed by atoms with E-state index in [4.69, 9.17) is 4.74 Å². The van der Waals surface area contributed by atoms with Crippen molar-refractivity contribution < 1.29 is 17.5 Å². The summed E-state index contributed by atoms with van der Waals surface area (Å²) in [4.78, 5) is 2.19. The van der Waals surface area contributed by atoms with Crippen LogP contribution in [0.2, 0.25) is 0 Å². The highest BCUT2D eigenvalue weighted by atomic mass is 32.2. The van der Waals surface area contributed by atoms with Crippen molar-refractivity contribution in [3.05, 3.63) is 53.8 Å². The van der Waals surface area contributed by atoms with E-state index >= 15 is 0 Å². The van der Waals surface area contributed by atoms with E-state index in [1.54, 1.807) is 18.2 Å². The number of anilines is 2. The first-order valence-corrected chi connectivity index (χ1v) is 10.0. The number of benzene rings is 2. The molecular formula is C18H21FN2O3S. The fourth-order valence-electron chi connectivity index (χ4n) is 3.03. The summed E-state index contributed by atoms with van der Waals surface area (Å²) >= 11 is 0. The van der Waals surface area contributed by atoms with Crippen molar-refractivity contribution in [3.8, 4) is 5.75 Å². The van der Waals surface area contributed by atoms with Gasteiger partial charge in [-0.05, 0) is 54.8 Å². The minimum atomic E-state index is -3.31. The van der Waals surface area contributed by atoms with Gasteiger partial charge in [-0.15, -0.1) is 0 Å². The first kappa shape index (κ1) is 17.5. The zero-order valence-corrected chi connectivity index (χ0v) is 14.9. The zero-order valence-electron chi connectivity index (χ0n) is 14.0. The minimum absolute atomic E-state index is 0.289. The molecule has 0 amide bonds. The summed E-state index contributed by atoms with van der Waals surface area (Å²) < 4.78 is 44.3. The molecule has 0 fully saturated rings. The van der Waals surface area contributed by atoms with E-state index in [0.29, 0.717) is 24.6 Å². The Morgan fingerprint density at radius 2 is 1.96 bits per heavy atom. The smallest absolute Gasteiger partial charge is 0.229 e. The fraction of sp³-hybridized carbons (Fsp3) is 0.333. The second-order valence-corrected chi connectivity index (χ2v) is 7.82. The van der Waals surface area contributed by atoms with Gasteiger partial charge in [0.1, 0.15) is 18.2 Å². The molecule has 5 nitrogen and oxygen atoms in total. The first-order chi connectivity index (χ1) is 11.9. The van der Waals surface area contributed by atoms with Gasteiger partial charge in [-0.1, -0.05) is 6.07 Å². The van der Waals surface area contributed by atoms with Crippen LogP contribution in [0.4, 0.5) is 15.8 Å². The molecule has 0 saturated carbocycles. The number of hydrogen-bond acceptors (Lipinski definition) is 4. The topological polar surface area (TPSA) is 58.6 Å². The van der Waals surface area contributed by atoms with Crippen molar-refractivity contribution >= 4 is 21.4 Å². The molecule has 1 N–H and O–H groups in total. The maximum absolute atomic E-state index is 12.9. The van der Waals surface area contributed by atoms with Gasteiger partial charge in [0, 0.05) is 12.2 Å². The summed E-state index contributed by atoms with van der Waals surface area (Å²) in [6.07, 6.45) is 2.94. The lowest BCUT2D eigenvalue weighted by Gasteiger charge is -2.32. The van der Waals surface area contributed by atoms with Crippen LogP contribution < -0.4 is 14.4 Å². The molecular weight excluding hydrogens is 343 g/mol. The number of ether oxygens (including phenoxy) is 1. The predicted octanol–water partition coefficient (Wildman–Crippen LogP) is 3.03. The molecule has 0 spiro atoms. The van der Waals surface area contributed by atoms with Crippen LogP contribution in [0.1, 0.15) is 12.0 Å². The second kappa shape index (κ2) is 7.31. The Bertz CT molecular complexity index is 838. The average molecular weight is 364 g/mol. The van der Waals surface area contributed by atoms with E-state index < -0.39 is 10.0 Å². The SMILES string of the molecule is CS(=O)(=O)Nc1cccc2c1CCCN2CCOc1ccc(F)cc1. The molecule has 0 atom stereocenters. The first-order valence-electron chi connectivity index (χ1n) is 8.15. The van der Waals surface area contributed by atoms with E-state index in [0.717, 1.165) is 36.9 Å². The summed E-state index contributed by atoms with van der Waals surface area (Å²) in [6, 6.07) is 11.6. The summed E-state index contributed by atoms with van der Waals surface area (Å²) in [5.74, 6) is 0.342. The van der Waals surface area contributed by atoms with Gasteiger partial charge in [0.2, 0.25) is 10.0 Å². The van der Waals surface area contributed by atoms with Crippen molar-refractivity contribution in [2.75, 3.05) is 35.6 Å². The van der Waals surface area contributed by atoms with Gasteiger partial charge in [-0.2, -0.15) is 0 Å². The second-order valence-electron chi connectivity index (χ2n) is 6.07. The lowest BCUT2D eigenvalue weighted by atomic mass is 10.00. The Hall–Kier alpha value is -2.28. The van der Waals surface area contributed by atoms with Crippen LogP contribution in [0, 0.1) is 5.82 Å². The van der Waals surface area contributed by atoms with E-state index in [9.17, 15) is 12.8 Å². The molecule has 1 aliphatic rings. The molecule has 25 heavy (non-hydrogen) atoms. The standard InChI is InChI=1S/C18H21FN2O3S/c1-25(22,23)20-17-5-2-6-18-16(17)4-3-11-21(18)12-13-24-15-9-7-14(19)8-10-15/h2,5-10,20H,3-4,11-13H2,1H3. The monoisotopic (exact) mass is 364 g/mol. The molecule has 0 aromatic heterocycles. The Morgan fingerprint density at radius 3 is 2.68 bits per heavy atom. The Balaban J connectivity index is 1.69.